The summed E-state index contributed by atoms with van der Waals surface area (Å²) in [5.41, 5.74) is 2.30. The Hall–Kier alpha value is -1.44. The van der Waals surface area contributed by atoms with E-state index >= 15 is 0 Å². The maximum Gasteiger partial charge on any atom is 0.121 e. The smallest absolute Gasteiger partial charge is 0.121 e. The molecule has 0 aromatic heterocycles. The fourth-order valence-corrected chi connectivity index (χ4v) is 1.28. The van der Waals surface area contributed by atoms with Crippen LogP contribution in [0.1, 0.15) is 20.3 Å². The van der Waals surface area contributed by atoms with Crippen LogP contribution in [0.3, 0.4) is 0 Å². The monoisotopic (exact) mass is 205 g/mol. The van der Waals surface area contributed by atoms with Gasteiger partial charge in [-0.15, -0.1) is 6.58 Å². The third-order valence-electron chi connectivity index (χ3n) is 2.03. The molecule has 0 bridgehead atoms. The molecule has 0 spiro atoms. The molecule has 0 amide bonds. The van der Waals surface area contributed by atoms with Gasteiger partial charge in [0.15, 0.2) is 0 Å². The Kier molecular flexibility index (Phi) is 4.75. The summed E-state index contributed by atoms with van der Waals surface area (Å²) in [6.45, 7) is 9.52. The summed E-state index contributed by atoms with van der Waals surface area (Å²) in [5, 5.41) is 3.33. The summed E-state index contributed by atoms with van der Waals surface area (Å²) in [5.74, 6) is 0.915. The van der Waals surface area contributed by atoms with E-state index in [2.05, 4.69) is 11.9 Å². The summed E-state index contributed by atoms with van der Waals surface area (Å²) in [4.78, 5) is 0. The van der Waals surface area contributed by atoms with Crippen molar-refractivity contribution in [3.63, 3.8) is 0 Å². The minimum Gasteiger partial charge on any atom is -0.494 e. The Bertz CT molecular complexity index is 320. The molecule has 0 atom stereocenters. The van der Waals surface area contributed by atoms with E-state index in [0.29, 0.717) is 6.61 Å². The molecule has 0 heterocycles. The zero-order valence-electron chi connectivity index (χ0n) is 9.55. The third kappa shape index (κ3) is 4.54. The van der Waals surface area contributed by atoms with Crippen molar-refractivity contribution >= 4 is 5.69 Å². The zero-order chi connectivity index (χ0) is 11.1. The van der Waals surface area contributed by atoms with Crippen LogP contribution in [0.25, 0.3) is 0 Å². The fourth-order valence-electron chi connectivity index (χ4n) is 1.28. The Morgan fingerprint density at radius 1 is 1.47 bits per heavy atom. The van der Waals surface area contributed by atoms with Gasteiger partial charge in [0.2, 0.25) is 0 Å². The van der Waals surface area contributed by atoms with Crippen molar-refractivity contribution in [2.24, 2.45) is 0 Å². The number of hydrogen-bond acceptors (Lipinski definition) is 2. The molecule has 0 saturated heterocycles. The van der Waals surface area contributed by atoms with E-state index < -0.39 is 0 Å². The molecular formula is C13H19NO. The van der Waals surface area contributed by atoms with E-state index in [1.807, 2.05) is 38.1 Å². The van der Waals surface area contributed by atoms with Crippen LogP contribution in [-0.4, -0.2) is 13.2 Å². The van der Waals surface area contributed by atoms with Gasteiger partial charge in [-0.25, -0.2) is 0 Å². The molecule has 0 radical (unpaired) electrons. The van der Waals surface area contributed by atoms with Gasteiger partial charge in [-0.05, 0) is 32.4 Å². The highest BCUT2D eigenvalue weighted by Gasteiger charge is 1.95. The minimum atomic E-state index is 0.704. The lowest BCUT2D eigenvalue weighted by atomic mass is 10.2. The number of hydrogen-bond donors (Lipinski definition) is 1. The number of benzene rings is 1. The molecule has 0 saturated carbocycles. The van der Waals surface area contributed by atoms with Crippen molar-refractivity contribution < 1.29 is 4.74 Å². The van der Waals surface area contributed by atoms with Gasteiger partial charge in [0.05, 0.1) is 6.61 Å². The molecule has 0 aliphatic carbocycles. The molecule has 15 heavy (non-hydrogen) atoms. The quantitative estimate of drug-likeness (QED) is 0.718. The molecular weight excluding hydrogens is 186 g/mol. The van der Waals surface area contributed by atoms with Crippen LogP contribution >= 0.6 is 0 Å². The molecule has 0 aliphatic rings. The first-order valence-corrected chi connectivity index (χ1v) is 5.33. The van der Waals surface area contributed by atoms with Crippen LogP contribution in [0.4, 0.5) is 5.69 Å². The predicted octanol–water partition coefficient (Wildman–Crippen LogP) is 3.46. The first-order valence-electron chi connectivity index (χ1n) is 5.33. The van der Waals surface area contributed by atoms with Crippen LogP contribution in [-0.2, 0) is 0 Å². The highest BCUT2D eigenvalue weighted by molar-refractivity contribution is 5.48. The molecule has 0 aliphatic heterocycles. The Morgan fingerprint density at radius 2 is 2.27 bits per heavy atom. The van der Waals surface area contributed by atoms with Crippen LogP contribution in [0.15, 0.2) is 36.4 Å². The van der Waals surface area contributed by atoms with E-state index in [1.165, 1.54) is 5.57 Å². The Balaban J connectivity index is 2.46. The number of anilines is 1. The molecule has 0 unspecified atom stereocenters. The topological polar surface area (TPSA) is 21.3 Å². The van der Waals surface area contributed by atoms with E-state index in [1.54, 1.807) is 0 Å². The van der Waals surface area contributed by atoms with Gasteiger partial charge in [-0.3, -0.25) is 0 Å². The van der Waals surface area contributed by atoms with Gasteiger partial charge in [0.25, 0.3) is 0 Å². The summed E-state index contributed by atoms with van der Waals surface area (Å²) in [7, 11) is 0. The van der Waals surface area contributed by atoms with Gasteiger partial charge < -0.3 is 10.1 Å². The Morgan fingerprint density at radius 3 is 2.93 bits per heavy atom. The molecule has 1 aromatic carbocycles. The first kappa shape index (κ1) is 11.6. The van der Waals surface area contributed by atoms with Gasteiger partial charge in [0.1, 0.15) is 5.75 Å². The number of nitrogens with one attached hydrogen (secondary N) is 1. The largest absolute Gasteiger partial charge is 0.494 e. The lowest BCUT2D eigenvalue weighted by molar-refractivity contribution is 0.340. The highest BCUT2D eigenvalue weighted by Crippen LogP contribution is 2.17. The summed E-state index contributed by atoms with van der Waals surface area (Å²) < 4.78 is 5.42. The van der Waals surface area contributed by atoms with Crippen molar-refractivity contribution in [3.05, 3.63) is 36.4 Å². The third-order valence-corrected chi connectivity index (χ3v) is 2.03. The van der Waals surface area contributed by atoms with Crippen molar-refractivity contribution in [3.8, 4) is 5.75 Å². The molecule has 2 heteroatoms. The molecule has 1 N–H and O–H groups in total. The van der Waals surface area contributed by atoms with Gasteiger partial charge >= 0.3 is 0 Å². The molecule has 1 aromatic rings. The Labute approximate surface area is 92.0 Å². The summed E-state index contributed by atoms with van der Waals surface area (Å²) >= 11 is 0. The van der Waals surface area contributed by atoms with E-state index in [4.69, 9.17) is 4.74 Å². The van der Waals surface area contributed by atoms with Crippen LogP contribution in [0.2, 0.25) is 0 Å². The molecule has 82 valence electrons. The summed E-state index contributed by atoms with van der Waals surface area (Å²) in [6, 6.07) is 8.02. The van der Waals surface area contributed by atoms with Crippen molar-refractivity contribution in [1.29, 1.82) is 0 Å². The van der Waals surface area contributed by atoms with Crippen LogP contribution in [0.5, 0.6) is 5.75 Å². The predicted molar refractivity (Wildman–Crippen MR) is 65.5 cm³/mol. The van der Waals surface area contributed by atoms with Gasteiger partial charge in [-0.1, -0.05) is 11.6 Å². The highest BCUT2D eigenvalue weighted by atomic mass is 16.5. The van der Waals surface area contributed by atoms with E-state index in [9.17, 15) is 0 Å². The van der Waals surface area contributed by atoms with Crippen LogP contribution < -0.4 is 10.1 Å². The maximum absolute atomic E-state index is 5.42. The normalized spacial score (nSPS) is 9.73. The zero-order valence-corrected chi connectivity index (χ0v) is 9.55. The van der Waals surface area contributed by atoms with E-state index in [-0.39, 0.29) is 0 Å². The minimum absolute atomic E-state index is 0.704. The van der Waals surface area contributed by atoms with Gasteiger partial charge in [-0.2, -0.15) is 0 Å². The second-order valence-electron chi connectivity index (χ2n) is 3.59. The maximum atomic E-state index is 5.42. The number of rotatable bonds is 6. The van der Waals surface area contributed by atoms with Gasteiger partial charge in [0, 0.05) is 18.3 Å². The SMILES string of the molecule is C=C(C)CCNc1cccc(OCC)c1. The molecule has 2 nitrogen and oxygen atoms in total. The van der Waals surface area contributed by atoms with Crippen molar-refractivity contribution in [2.75, 3.05) is 18.5 Å². The first-order chi connectivity index (χ1) is 7.22. The average Bonchev–Trinajstić information content (AvgIpc) is 2.18. The van der Waals surface area contributed by atoms with Crippen LogP contribution in [0, 0.1) is 0 Å². The lowest BCUT2D eigenvalue weighted by Gasteiger charge is -2.08. The second-order valence-corrected chi connectivity index (χ2v) is 3.59. The molecule has 0 fully saturated rings. The summed E-state index contributed by atoms with van der Waals surface area (Å²) in [6.07, 6.45) is 0.999. The molecule has 1 rings (SSSR count). The fraction of sp³-hybridized carbons (Fsp3) is 0.385. The van der Waals surface area contributed by atoms with Crippen molar-refractivity contribution in [2.45, 2.75) is 20.3 Å². The van der Waals surface area contributed by atoms with E-state index in [0.717, 1.165) is 24.4 Å². The number of ether oxygens (including phenoxy) is 1. The standard InChI is InChI=1S/C13H19NO/c1-4-15-13-7-5-6-12(10-13)14-9-8-11(2)3/h5-7,10,14H,2,4,8-9H2,1,3H3. The van der Waals surface area contributed by atoms with Crippen molar-refractivity contribution in [1.82, 2.24) is 0 Å². The average molecular weight is 205 g/mol. The second kappa shape index (κ2) is 6.12. The lowest BCUT2D eigenvalue weighted by Crippen LogP contribution is -2.01.